The first-order valence-corrected chi connectivity index (χ1v) is 5.99. The van der Waals surface area contributed by atoms with Crippen molar-refractivity contribution in [3.8, 4) is 5.75 Å². The van der Waals surface area contributed by atoms with Gasteiger partial charge in [0.2, 0.25) is 0 Å². The molecule has 0 radical (unpaired) electrons. The molecule has 1 aliphatic heterocycles. The van der Waals surface area contributed by atoms with E-state index in [1.165, 1.54) is 18.2 Å². The van der Waals surface area contributed by atoms with Crippen molar-refractivity contribution in [2.45, 2.75) is 25.4 Å². The number of carbonyl (C=O) groups excluding carboxylic acids is 1. The number of rotatable bonds is 1. The van der Waals surface area contributed by atoms with Gasteiger partial charge in [-0.2, -0.15) is 0 Å². The lowest BCUT2D eigenvalue weighted by Gasteiger charge is -2.37. The van der Waals surface area contributed by atoms with Crippen LogP contribution in [-0.4, -0.2) is 39.7 Å². The predicted molar refractivity (Wildman–Crippen MR) is 68.3 cm³/mol. The van der Waals surface area contributed by atoms with E-state index in [1.54, 1.807) is 11.8 Å². The Labute approximate surface area is 106 Å². The van der Waals surface area contributed by atoms with Crippen molar-refractivity contribution in [1.29, 1.82) is 0 Å². The molecule has 1 fully saturated rings. The summed E-state index contributed by atoms with van der Waals surface area (Å²) in [5.41, 5.74) is 5.52. The fourth-order valence-corrected chi connectivity index (χ4v) is 2.29. The molecule has 1 heterocycles. The Hall–Kier alpha value is -1.75. The number of piperidine rings is 1. The lowest BCUT2D eigenvalue weighted by atomic mass is 9.94. The zero-order chi connectivity index (χ0) is 13.3. The minimum absolute atomic E-state index is 0.0105. The molecule has 5 heteroatoms. The van der Waals surface area contributed by atoms with Crippen molar-refractivity contribution in [3.05, 3.63) is 23.8 Å². The summed E-state index contributed by atoms with van der Waals surface area (Å²) in [7, 11) is 0. The van der Waals surface area contributed by atoms with Crippen LogP contribution in [0.25, 0.3) is 0 Å². The number of aromatic hydroxyl groups is 1. The molecule has 4 N–H and O–H groups in total. The van der Waals surface area contributed by atoms with Crippen LogP contribution in [0, 0.1) is 0 Å². The van der Waals surface area contributed by atoms with Crippen LogP contribution in [0.5, 0.6) is 5.75 Å². The van der Waals surface area contributed by atoms with Crippen molar-refractivity contribution < 1.29 is 15.0 Å². The summed E-state index contributed by atoms with van der Waals surface area (Å²) in [5.74, 6) is -0.236. The lowest BCUT2D eigenvalue weighted by Crippen LogP contribution is -2.48. The van der Waals surface area contributed by atoms with E-state index < -0.39 is 5.60 Å². The highest BCUT2D eigenvalue weighted by Gasteiger charge is 2.31. The molecule has 1 aliphatic rings. The quantitative estimate of drug-likeness (QED) is 0.512. The van der Waals surface area contributed by atoms with E-state index in [0.29, 0.717) is 25.2 Å². The van der Waals surface area contributed by atoms with Gasteiger partial charge in [0, 0.05) is 18.8 Å². The highest BCUT2D eigenvalue weighted by atomic mass is 16.3. The molecule has 0 saturated carbocycles. The van der Waals surface area contributed by atoms with Crippen molar-refractivity contribution in [1.82, 2.24) is 4.90 Å². The zero-order valence-electron chi connectivity index (χ0n) is 10.4. The van der Waals surface area contributed by atoms with Crippen LogP contribution in [0.1, 0.15) is 30.1 Å². The molecular formula is C13H18N2O3. The number of hydrogen-bond acceptors (Lipinski definition) is 4. The minimum Gasteiger partial charge on any atom is -0.508 e. The first kappa shape index (κ1) is 12.7. The number of nitrogens with two attached hydrogens (primary N) is 1. The Balaban J connectivity index is 2.23. The Morgan fingerprint density at radius 1 is 1.50 bits per heavy atom. The molecule has 98 valence electrons. The first-order chi connectivity index (χ1) is 8.39. The topological polar surface area (TPSA) is 86.8 Å². The Bertz CT molecular complexity index is 471. The van der Waals surface area contributed by atoms with Gasteiger partial charge in [0.05, 0.1) is 11.2 Å². The van der Waals surface area contributed by atoms with Gasteiger partial charge in [-0.1, -0.05) is 0 Å². The van der Waals surface area contributed by atoms with Gasteiger partial charge in [0.25, 0.3) is 5.91 Å². The maximum absolute atomic E-state index is 12.3. The van der Waals surface area contributed by atoms with Crippen LogP contribution < -0.4 is 5.73 Å². The highest BCUT2D eigenvalue weighted by Crippen LogP contribution is 2.25. The second-order valence-corrected chi connectivity index (χ2v) is 5.10. The van der Waals surface area contributed by atoms with Crippen LogP contribution in [0.2, 0.25) is 0 Å². The molecule has 18 heavy (non-hydrogen) atoms. The monoisotopic (exact) mass is 250 g/mol. The van der Waals surface area contributed by atoms with E-state index >= 15 is 0 Å². The third-order valence-corrected chi connectivity index (χ3v) is 3.23. The van der Waals surface area contributed by atoms with Gasteiger partial charge in [0.1, 0.15) is 5.75 Å². The fourth-order valence-electron chi connectivity index (χ4n) is 2.29. The second-order valence-electron chi connectivity index (χ2n) is 5.10. The van der Waals surface area contributed by atoms with Crippen LogP contribution >= 0.6 is 0 Å². The van der Waals surface area contributed by atoms with E-state index in [9.17, 15) is 15.0 Å². The SMILES string of the molecule is CC1(O)CCCN(C(=O)c2cc(O)ccc2N)C1. The highest BCUT2D eigenvalue weighted by molar-refractivity contribution is 5.99. The summed E-state index contributed by atoms with van der Waals surface area (Å²) in [6, 6.07) is 4.31. The van der Waals surface area contributed by atoms with Gasteiger partial charge in [-0.3, -0.25) is 4.79 Å². The number of carbonyl (C=O) groups is 1. The normalized spacial score (nSPS) is 24.0. The molecule has 5 nitrogen and oxygen atoms in total. The number of anilines is 1. The smallest absolute Gasteiger partial charge is 0.256 e. The van der Waals surface area contributed by atoms with Crippen molar-refractivity contribution >= 4 is 11.6 Å². The van der Waals surface area contributed by atoms with Gasteiger partial charge in [-0.15, -0.1) is 0 Å². The van der Waals surface area contributed by atoms with Crippen LogP contribution in [0.15, 0.2) is 18.2 Å². The molecule has 1 amide bonds. The molecule has 1 atom stereocenters. The van der Waals surface area contributed by atoms with Gasteiger partial charge < -0.3 is 20.8 Å². The molecule has 0 aromatic heterocycles. The number of phenolic OH excluding ortho intramolecular Hbond substituents is 1. The fraction of sp³-hybridized carbons (Fsp3) is 0.462. The van der Waals surface area contributed by atoms with Gasteiger partial charge in [-0.05, 0) is 38.0 Å². The average Bonchev–Trinajstić information content (AvgIpc) is 2.30. The maximum atomic E-state index is 12.3. The predicted octanol–water partition coefficient (Wildman–Crippen LogP) is 0.961. The number of amides is 1. The van der Waals surface area contributed by atoms with Gasteiger partial charge >= 0.3 is 0 Å². The van der Waals surface area contributed by atoms with Crippen molar-refractivity contribution in [2.24, 2.45) is 0 Å². The summed E-state index contributed by atoms with van der Waals surface area (Å²) >= 11 is 0. The summed E-state index contributed by atoms with van der Waals surface area (Å²) in [4.78, 5) is 13.9. The van der Waals surface area contributed by atoms with Crippen LogP contribution in [-0.2, 0) is 0 Å². The number of phenols is 1. The Morgan fingerprint density at radius 3 is 2.89 bits per heavy atom. The lowest BCUT2D eigenvalue weighted by molar-refractivity contribution is -0.0107. The molecule has 0 aliphatic carbocycles. The molecule has 1 saturated heterocycles. The maximum Gasteiger partial charge on any atom is 0.256 e. The van der Waals surface area contributed by atoms with Crippen LogP contribution in [0.3, 0.4) is 0 Å². The molecule has 2 rings (SSSR count). The number of benzene rings is 1. The molecule has 1 unspecified atom stereocenters. The average molecular weight is 250 g/mol. The van der Waals surface area contributed by atoms with Gasteiger partial charge in [-0.25, -0.2) is 0 Å². The summed E-state index contributed by atoms with van der Waals surface area (Å²) < 4.78 is 0. The Morgan fingerprint density at radius 2 is 2.22 bits per heavy atom. The zero-order valence-corrected chi connectivity index (χ0v) is 10.4. The molecule has 0 spiro atoms. The van der Waals surface area contributed by atoms with E-state index in [0.717, 1.165) is 6.42 Å². The number of hydrogen-bond donors (Lipinski definition) is 3. The number of aliphatic hydroxyl groups is 1. The molecule has 1 aromatic rings. The third-order valence-electron chi connectivity index (χ3n) is 3.23. The largest absolute Gasteiger partial charge is 0.508 e. The number of nitrogens with zero attached hydrogens (tertiary/aromatic N) is 1. The first-order valence-electron chi connectivity index (χ1n) is 5.99. The summed E-state index contributed by atoms with van der Waals surface area (Å²) in [6.07, 6.45) is 1.45. The summed E-state index contributed by atoms with van der Waals surface area (Å²) in [5, 5.41) is 19.4. The van der Waals surface area contributed by atoms with E-state index in [2.05, 4.69) is 0 Å². The van der Waals surface area contributed by atoms with Crippen molar-refractivity contribution in [3.63, 3.8) is 0 Å². The number of likely N-dealkylation sites (tertiary alicyclic amines) is 1. The third kappa shape index (κ3) is 2.56. The van der Waals surface area contributed by atoms with Crippen molar-refractivity contribution in [2.75, 3.05) is 18.8 Å². The number of nitrogen functional groups attached to an aromatic ring is 1. The van der Waals surface area contributed by atoms with E-state index in [4.69, 9.17) is 5.73 Å². The second kappa shape index (κ2) is 4.49. The van der Waals surface area contributed by atoms with Gasteiger partial charge in [0.15, 0.2) is 0 Å². The summed E-state index contributed by atoms with van der Waals surface area (Å²) in [6.45, 7) is 2.61. The number of β-amino-alcohol motifs (C(OH)–C–C–N with tert-alkyl or cyclic N) is 1. The molecule has 1 aromatic carbocycles. The van der Waals surface area contributed by atoms with E-state index in [1.807, 2.05) is 0 Å². The molecular weight excluding hydrogens is 232 g/mol. The van der Waals surface area contributed by atoms with E-state index in [-0.39, 0.29) is 17.2 Å². The Kier molecular flexibility index (Phi) is 3.17. The standard InChI is InChI=1S/C13H18N2O3/c1-13(18)5-2-6-15(8-13)12(17)10-7-9(16)3-4-11(10)14/h3-4,7,16,18H,2,5-6,8,14H2,1H3. The molecule has 0 bridgehead atoms. The minimum atomic E-state index is -0.848. The van der Waals surface area contributed by atoms with Crippen LogP contribution in [0.4, 0.5) is 5.69 Å².